The van der Waals surface area contributed by atoms with Gasteiger partial charge in [0.2, 0.25) is 0 Å². The highest BCUT2D eigenvalue weighted by atomic mass is 32.2. The molecule has 88 valence electrons. The van der Waals surface area contributed by atoms with Crippen LogP contribution in [-0.4, -0.2) is 37.7 Å². The Morgan fingerprint density at radius 3 is 2.80 bits per heavy atom. The Morgan fingerprint density at radius 2 is 2.27 bits per heavy atom. The summed E-state index contributed by atoms with van der Waals surface area (Å²) in [7, 11) is 1.47. The predicted octanol–water partition coefficient (Wildman–Crippen LogP) is 1.67. The molecule has 4 heteroatoms. The highest BCUT2D eigenvalue weighted by molar-refractivity contribution is 7.98. The summed E-state index contributed by atoms with van der Waals surface area (Å²) >= 11 is 1.87. The Bertz CT molecular complexity index is 195. The molecule has 1 aliphatic carbocycles. The summed E-state index contributed by atoms with van der Waals surface area (Å²) in [5.41, 5.74) is 0. The molecular weight excluding hydrogens is 210 g/mol. The highest BCUT2D eigenvalue weighted by Gasteiger charge is 2.36. The third-order valence-corrected chi connectivity index (χ3v) is 3.38. The van der Waals surface area contributed by atoms with Gasteiger partial charge in [0.15, 0.2) is 0 Å². The van der Waals surface area contributed by atoms with Gasteiger partial charge in [0.05, 0.1) is 7.11 Å². The second kappa shape index (κ2) is 7.12. The molecule has 0 radical (unpaired) electrons. The van der Waals surface area contributed by atoms with Crippen molar-refractivity contribution in [3.05, 3.63) is 0 Å². The minimum atomic E-state index is -0.0950. The number of ether oxygens (including phenoxy) is 1. The van der Waals surface area contributed by atoms with Crippen LogP contribution in [-0.2, 0) is 9.53 Å². The van der Waals surface area contributed by atoms with Crippen LogP contribution in [0.5, 0.6) is 0 Å². The van der Waals surface area contributed by atoms with Crippen molar-refractivity contribution in [2.75, 3.05) is 25.7 Å². The molecule has 0 spiro atoms. The Kier molecular flexibility index (Phi) is 6.10. The van der Waals surface area contributed by atoms with Crippen molar-refractivity contribution in [2.45, 2.75) is 31.7 Å². The summed E-state index contributed by atoms with van der Waals surface area (Å²) in [5.74, 6) is 1.63. The van der Waals surface area contributed by atoms with E-state index in [0.29, 0.717) is 5.92 Å². The minimum Gasteiger partial charge on any atom is -0.468 e. The van der Waals surface area contributed by atoms with E-state index in [0.717, 1.165) is 25.8 Å². The van der Waals surface area contributed by atoms with Gasteiger partial charge in [0.25, 0.3) is 0 Å². The van der Waals surface area contributed by atoms with E-state index in [-0.39, 0.29) is 12.0 Å². The number of esters is 1. The number of hydrogen-bond acceptors (Lipinski definition) is 4. The molecule has 0 aromatic heterocycles. The average Bonchev–Trinajstić information content (AvgIpc) is 3.06. The molecule has 0 heterocycles. The summed E-state index contributed by atoms with van der Waals surface area (Å²) in [5, 5.41) is 3.31. The molecule has 0 aliphatic heterocycles. The maximum Gasteiger partial charge on any atom is 0.323 e. The van der Waals surface area contributed by atoms with Gasteiger partial charge in [-0.1, -0.05) is 0 Å². The number of carbonyl (C=O) groups excluding carboxylic acids is 1. The zero-order chi connectivity index (χ0) is 11.1. The van der Waals surface area contributed by atoms with Crippen LogP contribution >= 0.6 is 11.8 Å². The highest BCUT2D eigenvalue weighted by Crippen LogP contribution is 2.33. The lowest BCUT2D eigenvalue weighted by molar-refractivity contribution is -0.143. The van der Waals surface area contributed by atoms with E-state index in [1.807, 2.05) is 11.8 Å². The molecule has 0 saturated heterocycles. The van der Waals surface area contributed by atoms with E-state index in [1.54, 1.807) is 0 Å². The monoisotopic (exact) mass is 231 g/mol. The van der Waals surface area contributed by atoms with Gasteiger partial charge in [-0.3, -0.25) is 4.79 Å². The number of unbranched alkanes of at least 4 members (excludes halogenated alkanes) is 1. The molecule has 15 heavy (non-hydrogen) atoms. The van der Waals surface area contributed by atoms with Crippen LogP contribution in [0.2, 0.25) is 0 Å². The topological polar surface area (TPSA) is 38.3 Å². The van der Waals surface area contributed by atoms with Crippen LogP contribution < -0.4 is 5.32 Å². The number of thioether (sulfide) groups is 1. The first-order valence-electron chi connectivity index (χ1n) is 5.59. The largest absolute Gasteiger partial charge is 0.468 e. The van der Waals surface area contributed by atoms with Crippen LogP contribution in [0.4, 0.5) is 0 Å². The molecule has 1 aliphatic rings. The average molecular weight is 231 g/mol. The molecule has 1 atom stereocenters. The van der Waals surface area contributed by atoms with Crippen molar-refractivity contribution in [3.63, 3.8) is 0 Å². The van der Waals surface area contributed by atoms with E-state index in [4.69, 9.17) is 4.74 Å². The predicted molar refractivity (Wildman–Crippen MR) is 64.1 cm³/mol. The third kappa shape index (κ3) is 4.89. The molecular formula is C11H21NO2S. The van der Waals surface area contributed by atoms with Crippen LogP contribution in [0.1, 0.15) is 25.7 Å². The number of rotatable bonds is 8. The van der Waals surface area contributed by atoms with E-state index in [2.05, 4.69) is 11.6 Å². The minimum absolute atomic E-state index is 0.0516. The van der Waals surface area contributed by atoms with Gasteiger partial charge in [0, 0.05) is 0 Å². The lowest BCUT2D eigenvalue weighted by atomic mass is 10.2. The van der Waals surface area contributed by atoms with Crippen molar-refractivity contribution < 1.29 is 9.53 Å². The fourth-order valence-electron chi connectivity index (χ4n) is 1.63. The van der Waals surface area contributed by atoms with Gasteiger partial charge < -0.3 is 10.1 Å². The standard InChI is InChI=1S/C11H21NO2S/c1-14-11(13)10(9-5-6-9)12-7-3-4-8-15-2/h9-10,12H,3-8H2,1-2H3. The molecule has 1 fully saturated rings. The number of hydrogen-bond donors (Lipinski definition) is 1. The van der Waals surface area contributed by atoms with Crippen molar-refractivity contribution in [2.24, 2.45) is 5.92 Å². The smallest absolute Gasteiger partial charge is 0.323 e. The molecule has 3 nitrogen and oxygen atoms in total. The number of methoxy groups -OCH3 is 1. The van der Waals surface area contributed by atoms with Crippen molar-refractivity contribution >= 4 is 17.7 Å². The fourth-order valence-corrected chi connectivity index (χ4v) is 2.12. The Labute approximate surface area is 96.3 Å². The first-order valence-corrected chi connectivity index (χ1v) is 6.99. The maximum absolute atomic E-state index is 11.4. The second-order valence-corrected chi connectivity index (χ2v) is 4.98. The van der Waals surface area contributed by atoms with Gasteiger partial charge in [-0.25, -0.2) is 0 Å². The molecule has 1 N–H and O–H groups in total. The Hall–Kier alpha value is -0.220. The lowest BCUT2D eigenvalue weighted by Crippen LogP contribution is -2.40. The van der Waals surface area contributed by atoms with E-state index in [1.165, 1.54) is 19.3 Å². The van der Waals surface area contributed by atoms with Crippen LogP contribution in [0.3, 0.4) is 0 Å². The van der Waals surface area contributed by atoms with Gasteiger partial charge >= 0.3 is 5.97 Å². The van der Waals surface area contributed by atoms with Gasteiger partial charge in [-0.2, -0.15) is 11.8 Å². The zero-order valence-electron chi connectivity index (χ0n) is 9.62. The SMILES string of the molecule is COC(=O)C(NCCCCSC)C1CC1. The van der Waals surface area contributed by atoms with Gasteiger partial charge in [-0.05, 0) is 50.2 Å². The van der Waals surface area contributed by atoms with E-state index in [9.17, 15) is 4.79 Å². The fraction of sp³-hybridized carbons (Fsp3) is 0.909. The Morgan fingerprint density at radius 1 is 1.53 bits per heavy atom. The first kappa shape index (κ1) is 12.8. The van der Waals surface area contributed by atoms with Crippen molar-refractivity contribution in [1.29, 1.82) is 0 Å². The van der Waals surface area contributed by atoms with Crippen molar-refractivity contribution in [1.82, 2.24) is 5.32 Å². The first-order chi connectivity index (χ1) is 7.29. The van der Waals surface area contributed by atoms with Crippen LogP contribution in [0, 0.1) is 5.92 Å². The molecule has 0 aromatic carbocycles. The molecule has 1 rings (SSSR count). The van der Waals surface area contributed by atoms with Crippen LogP contribution in [0.15, 0.2) is 0 Å². The third-order valence-electron chi connectivity index (χ3n) is 2.69. The molecule has 0 amide bonds. The van der Waals surface area contributed by atoms with E-state index >= 15 is 0 Å². The quantitative estimate of drug-likeness (QED) is 0.509. The lowest BCUT2D eigenvalue weighted by Gasteiger charge is -2.15. The summed E-state index contributed by atoms with van der Waals surface area (Å²) in [6, 6.07) is -0.0516. The molecule has 0 bridgehead atoms. The molecule has 1 saturated carbocycles. The summed E-state index contributed by atoms with van der Waals surface area (Å²) in [4.78, 5) is 11.4. The molecule has 0 aromatic rings. The normalized spacial score (nSPS) is 17.5. The van der Waals surface area contributed by atoms with Crippen molar-refractivity contribution in [3.8, 4) is 0 Å². The van der Waals surface area contributed by atoms with Gasteiger partial charge in [0.1, 0.15) is 6.04 Å². The second-order valence-electron chi connectivity index (χ2n) is 3.99. The number of carbonyl (C=O) groups is 1. The van der Waals surface area contributed by atoms with Gasteiger partial charge in [-0.15, -0.1) is 0 Å². The number of nitrogens with one attached hydrogen (secondary N) is 1. The van der Waals surface area contributed by atoms with E-state index < -0.39 is 0 Å². The summed E-state index contributed by atoms with van der Waals surface area (Å²) in [6.07, 6.45) is 6.80. The summed E-state index contributed by atoms with van der Waals surface area (Å²) in [6.45, 7) is 0.927. The van der Waals surface area contributed by atoms with Crippen LogP contribution in [0.25, 0.3) is 0 Å². The Balaban J connectivity index is 2.12. The maximum atomic E-state index is 11.4. The molecule has 1 unspecified atom stereocenters. The summed E-state index contributed by atoms with van der Waals surface area (Å²) < 4.78 is 4.79. The zero-order valence-corrected chi connectivity index (χ0v) is 10.4.